The molecule has 2 aromatic carbocycles. The zero-order chi connectivity index (χ0) is 17.8. The van der Waals surface area contributed by atoms with Gasteiger partial charge in [0.15, 0.2) is 0 Å². The van der Waals surface area contributed by atoms with E-state index in [2.05, 4.69) is 10.3 Å². The highest BCUT2D eigenvalue weighted by Gasteiger charge is 2.14. The van der Waals surface area contributed by atoms with E-state index >= 15 is 0 Å². The number of anilines is 1. The Hall–Kier alpha value is -1.89. The molecule has 0 bridgehead atoms. The van der Waals surface area contributed by atoms with Gasteiger partial charge in [0.1, 0.15) is 5.82 Å². The second kappa shape index (κ2) is 7.99. The predicted octanol–water partition coefficient (Wildman–Crippen LogP) is 5.79. The van der Waals surface area contributed by atoms with Gasteiger partial charge in [0.2, 0.25) is 0 Å². The minimum Gasteiger partial charge on any atom is -0.319 e. The van der Waals surface area contributed by atoms with E-state index in [9.17, 15) is 9.18 Å². The van der Waals surface area contributed by atoms with E-state index < -0.39 is 5.82 Å². The van der Waals surface area contributed by atoms with Gasteiger partial charge in [-0.1, -0.05) is 23.7 Å². The van der Waals surface area contributed by atoms with Gasteiger partial charge < -0.3 is 5.32 Å². The molecule has 3 nitrogen and oxygen atoms in total. The van der Waals surface area contributed by atoms with Crippen molar-refractivity contribution in [1.82, 2.24) is 4.98 Å². The molecule has 1 amide bonds. The van der Waals surface area contributed by atoms with Crippen LogP contribution in [0.4, 0.5) is 10.1 Å². The Bertz CT molecular complexity index is 914. The summed E-state index contributed by atoms with van der Waals surface area (Å²) in [7, 11) is 0. The second-order valence-electron chi connectivity index (χ2n) is 5.22. The Morgan fingerprint density at radius 3 is 2.84 bits per heavy atom. The van der Waals surface area contributed by atoms with Crippen LogP contribution in [0.5, 0.6) is 0 Å². The zero-order valence-corrected chi connectivity index (χ0v) is 15.6. The van der Waals surface area contributed by atoms with Gasteiger partial charge in [-0.2, -0.15) is 0 Å². The maximum absolute atomic E-state index is 13.9. The number of hydrogen-bond donors (Lipinski definition) is 1. The van der Waals surface area contributed by atoms with E-state index in [0.717, 1.165) is 15.6 Å². The Kier molecular flexibility index (Phi) is 5.73. The van der Waals surface area contributed by atoms with Gasteiger partial charge in [-0.15, -0.1) is 23.1 Å². The smallest absolute Gasteiger partial charge is 0.256 e. The molecule has 3 rings (SSSR count). The number of nitrogens with zero attached hydrogens (tertiary/aromatic N) is 1. The van der Waals surface area contributed by atoms with Crippen molar-refractivity contribution in [1.29, 1.82) is 0 Å². The van der Waals surface area contributed by atoms with E-state index in [1.54, 1.807) is 23.5 Å². The number of rotatable bonds is 5. The lowest BCUT2D eigenvalue weighted by Gasteiger charge is -2.10. The summed E-state index contributed by atoms with van der Waals surface area (Å²) in [6.45, 7) is 1.96. The quantitative estimate of drug-likeness (QED) is 0.559. The molecule has 0 saturated heterocycles. The van der Waals surface area contributed by atoms with E-state index in [4.69, 9.17) is 11.6 Å². The molecule has 0 aliphatic heterocycles. The number of amides is 1. The molecule has 25 heavy (non-hydrogen) atoms. The van der Waals surface area contributed by atoms with Crippen LogP contribution in [0.1, 0.15) is 21.1 Å². The van der Waals surface area contributed by atoms with E-state index in [-0.39, 0.29) is 16.6 Å². The Morgan fingerprint density at radius 1 is 1.32 bits per heavy atom. The Morgan fingerprint density at radius 2 is 2.12 bits per heavy atom. The van der Waals surface area contributed by atoms with Crippen molar-refractivity contribution in [2.24, 2.45) is 0 Å². The van der Waals surface area contributed by atoms with Crippen LogP contribution in [0.3, 0.4) is 0 Å². The van der Waals surface area contributed by atoms with Crippen molar-refractivity contribution in [3.63, 3.8) is 0 Å². The number of thiazole rings is 1. The molecule has 7 heteroatoms. The molecule has 1 N–H and O–H groups in total. The minimum atomic E-state index is -0.566. The molecule has 0 aliphatic rings. The summed E-state index contributed by atoms with van der Waals surface area (Å²) in [6.07, 6.45) is 0. The van der Waals surface area contributed by atoms with Gasteiger partial charge in [0, 0.05) is 21.1 Å². The summed E-state index contributed by atoms with van der Waals surface area (Å²) >= 11 is 8.86. The largest absolute Gasteiger partial charge is 0.319 e. The van der Waals surface area contributed by atoms with Crippen LogP contribution in [0.25, 0.3) is 0 Å². The standard InChI is InChI=1S/C18H14ClFN2OS2/c1-11-21-13(9-24-11)10-25-17-5-3-2-4-14(17)18(23)22-16-7-6-12(19)8-15(16)20/h2-9H,10H2,1H3,(H,22,23). The lowest BCUT2D eigenvalue weighted by molar-refractivity contribution is 0.102. The number of thioether (sulfide) groups is 1. The zero-order valence-electron chi connectivity index (χ0n) is 13.3. The van der Waals surface area contributed by atoms with Crippen LogP contribution >= 0.6 is 34.7 Å². The normalized spacial score (nSPS) is 10.7. The van der Waals surface area contributed by atoms with Gasteiger partial charge in [-0.05, 0) is 37.3 Å². The lowest BCUT2D eigenvalue weighted by atomic mass is 10.2. The fourth-order valence-electron chi connectivity index (χ4n) is 2.19. The topological polar surface area (TPSA) is 42.0 Å². The molecule has 1 heterocycles. The second-order valence-corrected chi connectivity index (χ2v) is 7.74. The summed E-state index contributed by atoms with van der Waals surface area (Å²) in [5.41, 5.74) is 1.57. The number of aromatic nitrogens is 1. The summed E-state index contributed by atoms with van der Waals surface area (Å²) in [4.78, 5) is 17.8. The van der Waals surface area contributed by atoms with Crippen LogP contribution in [0, 0.1) is 12.7 Å². The summed E-state index contributed by atoms with van der Waals surface area (Å²) in [6, 6.07) is 11.4. The molecule has 1 aromatic heterocycles. The van der Waals surface area contributed by atoms with Crippen LogP contribution in [-0.4, -0.2) is 10.9 Å². The first-order valence-electron chi connectivity index (χ1n) is 7.42. The molecule has 3 aromatic rings. The average molecular weight is 393 g/mol. The van der Waals surface area contributed by atoms with Gasteiger partial charge in [-0.3, -0.25) is 4.79 Å². The number of carbonyl (C=O) groups is 1. The van der Waals surface area contributed by atoms with Crippen molar-refractivity contribution in [2.45, 2.75) is 17.6 Å². The highest BCUT2D eigenvalue weighted by atomic mass is 35.5. The predicted molar refractivity (Wildman–Crippen MR) is 102 cm³/mol. The summed E-state index contributed by atoms with van der Waals surface area (Å²) < 4.78 is 13.9. The third kappa shape index (κ3) is 4.60. The molecule has 0 aliphatic carbocycles. The minimum absolute atomic E-state index is 0.101. The number of carbonyl (C=O) groups excluding carboxylic acids is 1. The van der Waals surface area contributed by atoms with Gasteiger partial charge in [-0.25, -0.2) is 9.37 Å². The average Bonchev–Trinajstić information content (AvgIpc) is 3.01. The van der Waals surface area contributed by atoms with Gasteiger partial charge in [0.25, 0.3) is 5.91 Å². The van der Waals surface area contributed by atoms with Crippen molar-refractivity contribution in [3.8, 4) is 0 Å². The first kappa shape index (κ1) is 17.9. The maximum atomic E-state index is 13.9. The molecule has 0 spiro atoms. The number of nitrogens with one attached hydrogen (secondary N) is 1. The highest BCUT2D eigenvalue weighted by molar-refractivity contribution is 7.98. The third-order valence-electron chi connectivity index (χ3n) is 3.35. The fraction of sp³-hybridized carbons (Fsp3) is 0.111. The van der Waals surface area contributed by atoms with Crippen molar-refractivity contribution < 1.29 is 9.18 Å². The van der Waals surface area contributed by atoms with E-state index in [1.165, 1.54) is 30.0 Å². The molecule has 0 unspecified atom stereocenters. The fourth-order valence-corrected chi connectivity index (χ4v) is 4.01. The number of halogens is 2. The molecule has 128 valence electrons. The van der Waals surface area contributed by atoms with E-state index in [1.807, 2.05) is 24.4 Å². The monoisotopic (exact) mass is 392 g/mol. The van der Waals surface area contributed by atoms with Crippen LogP contribution in [0.2, 0.25) is 5.02 Å². The Labute approximate surface area is 158 Å². The maximum Gasteiger partial charge on any atom is 0.256 e. The molecular formula is C18H14ClFN2OS2. The van der Waals surface area contributed by atoms with Gasteiger partial charge >= 0.3 is 0 Å². The molecule has 0 radical (unpaired) electrons. The first-order chi connectivity index (χ1) is 12.0. The number of aryl methyl sites for hydroxylation is 1. The molecule has 0 saturated carbocycles. The SMILES string of the molecule is Cc1nc(CSc2ccccc2C(=O)Nc2ccc(Cl)cc2F)cs1. The highest BCUT2D eigenvalue weighted by Crippen LogP contribution is 2.28. The number of benzene rings is 2. The first-order valence-corrected chi connectivity index (χ1v) is 9.66. The molecular weight excluding hydrogens is 379 g/mol. The van der Waals surface area contributed by atoms with Crippen LogP contribution in [-0.2, 0) is 5.75 Å². The van der Waals surface area contributed by atoms with Crippen molar-refractivity contribution in [3.05, 3.63) is 74.9 Å². The summed E-state index contributed by atoms with van der Waals surface area (Å²) in [5.74, 6) is -0.257. The Balaban J connectivity index is 1.76. The van der Waals surface area contributed by atoms with Crippen LogP contribution < -0.4 is 5.32 Å². The van der Waals surface area contributed by atoms with E-state index in [0.29, 0.717) is 11.3 Å². The van der Waals surface area contributed by atoms with Crippen LogP contribution in [0.15, 0.2) is 52.7 Å². The lowest BCUT2D eigenvalue weighted by Crippen LogP contribution is -2.14. The summed E-state index contributed by atoms with van der Waals surface area (Å²) in [5, 5.41) is 5.90. The third-order valence-corrected chi connectivity index (χ3v) is 5.52. The van der Waals surface area contributed by atoms with Gasteiger partial charge in [0.05, 0.1) is 22.0 Å². The molecule has 0 fully saturated rings. The molecule has 0 atom stereocenters. The van der Waals surface area contributed by atoms with Crippen molar-refractivity contribution in [2.75, 3.05) is 5.32 Å². The van der Waals surface area contributed by atoms with Crippen molar-refractivity contribution >= 4 is 46.3 Å². The number of hydrogen-bond acceptors (Lipinski definition) is 4.